The van der Waals surface area contributed by atoms with Crippen LogP contribution < -0.4 is 5.32 Å². The number of hydrogen-bond acceptors (Lipinski definition) is 3. The van der Waals surface area contributed by atoms with Crippen LogP contribution >= 0.6 is 0 Å². The lowest BCUT2D eigenvalue weighted by Crippen LogP contribution is -2.21. The molecule has 2 atom stereocenters. The second kappa shape index (κ2) is 5.88. The summed E-state index contributed by atoms with van der Waals surface area (Å²) in [4.78, 5) is 0. The highest BCUT2D eigenvalue weighted by atomic mass is 16.3. The fourth-order valence-corrected chi connectivity index (χ4v) is 2.85. The zero-order valence-electron chi connectivity index (χ0n) is 10.8. The highest BCUT2D eigenvalue weighted by Crippen LogP contribution is 2.32. The van der Waals surface area contributed by atoms with Gasteiger partial charge in [-0.25, -0.2) is 0 Å². The number of nitrogens with one attached hydrogen (secondary N) is 1. The monoisotopic (exact) mass is 244 g/mol. The Balaban J connectivity index is 2.04. The lowest BCUT2D eigenvalue weighted by Gasteiger charge is -2.20. The van der Waals surface area contributed by atoms with E-state index in [1.165, 1.54) is 12.8 Å². The molecular formula is C15H20N2O. The van der Waals surface area contributed by atoms with Crippen LogP contribution in [0.25, 0.3) is 0 Å². The minimum absolute atomic E-state index is 0.283. The minimum Gasteiger partial charge on any atom is -0.396 e. The Morgan fingerprint density at radius 3 is 2.89 bits per heavy atom. The number of hydrogen-bond donors (Lipinski definition) is 2. The van der Waals surface area contributed by atoms with Crippen LogP contribution in [0.1, 0.15) is 30.4 Å². The van der Waals surface area contributed by atoms with E-state index in [9.17, 15) is 5.11 Å². The van der Waals surface area contributed by atoms with Crippen LogP contribution in [-0.2, 0) is 0 Å². The number of para-hydroxylation sites is 1. The molecule has 0 heterocycles. The van der Waals surface area contributed by atoms with Crippen LogP contribution in [0.15, 0.2) is 18.2 Å². The molecule has 2 rings (SSSR count). The highest BCUT2D eigenvalue weighted by Gasteiger charge is 2.26. The molecule has 3 nitrogen and oxygen atoms in total. The molecule has 1 fully saturated rings. The van der Waals surface area contributed by atoms with Crippen molar-refractivity contribution in [3.05, 3.63) is 29.3 Å². The number of aliphatic hydroxyl groups is 1. The number of nitrogens with zero attached hydrogens (tertiary/aromatic N) is 1. The van der Waals surface area contributed by atoms with E-state index in [0.29, 0.717) is 17.4 Å². The summed E-state index contributed by atoms with van der Waals surface area (Å²) < 4.78 is 0. The molecule has 0 spiro atoms. The van der Waals surface area contributed by atoms with Gasteiger partial charge < -0.3 is 10.4 Å². The molecule has 0 saturated heterocycles. The van der Waals surface area contributed by atoms with E-state index in [0.717, 1.165) is 24.2 Å². The summed E-state index contributed by atoms with van der Waals surface area (Å²) in [6, 6.07) is 7.99. The van der Waals surface area contributed by atoms with E-state index >= 15 is 0 Å². The number of rotatable bonds is 4. The molecule has 0 amide bonds. The largest absolute Gasteiger partial charge is 0.396 e. The number of benzene rings is 1. The quantitative estimate of drug-likeness (QED) is 0.856. The minimum atomic E-state index is 0.283. The van der Waals surface area contributed by atoms with Gasteiger partial charge in [0, 0.05) is 13.2 Å². The molecule has 2 unspecified atom stereocenters. The predicted octanol–water partition coefficient (Wildman–Crippen LogP) is 2.69. The average molecular weight is 244 g/mol. The molecule has 2 N–H and O–H groups in total. The topological polar surface area (TPSA) is 56.0 Å². The Morgan fingerprint density at radius 1 is 1.39 bits per heavy atom. The standard InChI is InChI=1S/C15H20N2O/c1-11-4-2-5-12(8-16)15(11)17-9-13-6-3-7-14(13)10-18/h2,4-5,13-14,17-18H,3,6-7,9-10H2,1H3. The molecule has 1 aromatic carbocycles. The van der Waals surface area contributed by atoms with Crippen molar-refractivity contribution in [2.45, 2.75) is 26.2 Å². The third-order valence-corrected chi connectivity index (χ3v) is 3.99. The van der Waals surface area contributed by atoms with Crippen molar-refractivity contribution in [2.75, 3.05) is 18.5 Å². The summed E-state index contributed by atoms with van der Waals surface area (Å²) in [7, 11) is 0. The molecule has 1 aliphatic rings. The fourth-order valence-electron chi connectivity index (χ4n) is 2.85. The molecule has 96 valence electrons. The molecular weight excluding hydrogens is 224 g/mol. The molecule has 0 aromatic heterocycles. The molecule has 0 bridgehead atoms. The van der Waals surface area contributed by atoms with E-state index in [1.807, 2.05) is 25.1 Å². The average Bonchev–Trinajstić information content (AvgIpc) is 2.84. The summed E-state index contributed by atoms with van der Waals surface area (Å²) in [5.41, 5.74) is 2.75. The maximum absolute atomic E-state index is 9.31. The second-order valence-corrected chi connectivity index (χ2v) is 5.12. The molecule has 18 heavy (non-hydrogen) atoms. The molecule has 0 radical (unpaired) electrons. The van der Waals surface area contributed by atoms with E-state index < -0.39 is 0 Å². The van der Waals surface area contributed by atoms with E-state index in [1.54, 1.807) is 0 Å². The maximum atomic E-state index is 9.31. The van der Waals surface area contributed by atoms with Crippen molar-refractivity contribution in [3.8, 4) is 6.07 Å². The van der Waals surface area contributed by atoms with Crippen LogP contribution in [-0.4, -0.2) is 18.3 Å². The van der Waals surface area contributed by atoms with Crippen molar-refractivity contribution in [2.24, 2.45) is 11.8 Å². The Morgan fingerprint density at radius 2 is 2.17 bits per heavy atom. The van der Waals surface area contributed by atoms with Gasteiger partial charge in [-0.05, 0) is 43.2 Å². The maximum Gasteiger partial charge on any atom is 0.101 e. The van der Waals surface area contributed by atoms with Crippen molar-refractivity contribution in [1.82, 2.24) is 0 Å². The number of anilines is 1. The zero-order valence-corrected chi connectivity index (χ0v) is 10.8. The summed E-state index contributed by atoms with van der Waals surface area (Å²) in [5, 5.41) is 21.8. The van der Waals surface area contributed by atoms with Gasteiger partial charge >= 0.3 is 0 Å². The number of aliphatic hydroxyl groups excluding tert-OH is 1. The van der Waals surface area contributed by atoms with Gasteiger partial charge in [-0.2, -0.15) is 5.26 Å². The van der Waals surface area contributed by atoms with E-state index in [-0.39, 0.29) is 6.61 Å². The van der Waals surface area contributed by atoms with Gasteiger partial charge in [0.2, 0.25) is 0 Å². The Kier molecular flexibility index (Phi) is 4.22. The van der Waals surface area contributed by atoms with Crippen molar-refractivity contribution in [1.29, 1.82) is 5.26 Å². The molecule has 0 aliphatic heterocycles. The van der Waals surface area contributed by atoms with Gasteiger partial charge in [0.05, 0.1) is 11.3 Å². The first-order valence-corrected chi connectivity index (χ1v) is 6.60. The Hall–Kier alpha value is -1.53. The summed E-state index contributed by atoms with van der Waals surface area (Å²) in [6.07, 6.45) is 3.50. The normalized spacial score (nSPS) is 22.7. The van der Waals surface area contributed by atoms with Crippen molar-refractivity contribution >= 4 is 5.69 Å². The Bertz CT molecular complexity index is 450. The van der Waals surface area contributed by atoms with Gasteiger partial charge in [-0.1, -0.05) is 18.6 Å². The second-order valence-electron chi connectivity index (χ2n) is 5.12. The molecule has 1 aliphatic carbocycles. The first kappa shape index (κ1) is 12.9. The van der Waals surface area contributed by atoms with Crippen LogP contribution in [0.3, 0.4) is 0 Å². The van der Waals surface area contributed by atoms with E-state index in [4.69, 9.17) is 5.26 Å². The summed E-state index contributed by atoms with van der Waals surface area (Å²) >= 11 is 0. The highest BCUT2D eigenvalue weighted by molar-refractivity contribution is 5.62. The number of nitriles is 1. The van der Waals surface area contributed by atoms with Crippen molar-refractivity contribution in [3.63, 3.8) is 0 Å². The van der Waals surface area contributed by atoms with Crippen LogP contribution in [0.4, 0.5) is 5.69 Å². The third-order valence-electron chi connectivity index (χ3n) is 3.99. The zero-order chi connectivity index (χ0) is 13.0. The van der Waals surface area contributed by atoms with Crippen LogP contribution in [0, 0.1) is 30.1 Å². The van der Waals surface area contributed by atoms with Crippen molar-refractivity contribution < 1.29 is 5.11 Å². The Labute approximate surface area is 108 Å². The van der Waals surface area contributed by atoms with E-state index in [2.05, 4.69) is 11.4 Å². The molecule has 3 heteroatoms. The number of aryl methyl sites for hydroxylation is 1. The van der Waals surface area contributed by atoms with Gasteiger partial charge in [0.1, 0.15) is 6.07 Å². The summed E-state index contributed by atoms with van der Waals surface area (Å²) in [6.45, 7) is 3.15. The van der Waals surface area contributed by atoms with Gasteiger partial charge in [-0.15, -0.1) is 0 Å². The summed E-state index contributed by atoms with van der Waals surface area (Å²) in [5.74, 6) is 0.952. The lowest BCUT2D eigenvalue weighted by atomic mass is 9.96. The molecule has 1 aromatic rings. The smallest absolute Gasteiger partial charge is 0.101 e. The van der Waals surface area contributed by atoms with Crippen LogP contribution in [0.5, 0.6) is 0 Å². The van der Waals surface area contributed by atoms with Gasteiger partial charge in [0.25, 0.3) is 0 Å². The SMILES string of the molecule is Cc1cccc(C#N)c1NCC1CCCC1CO. The molecule has 1 saturated carbocycles. The lowest BCUT2D eigenvalue weighted by molar-refractivity contribution is 0.199. The predicted molar refractivity (Wildman–Crippen MR) is 72.3 cm³/mol. The first-order chi connectivity index (χ1) is 8.76. The van der Waals surface area contributed by atoms with Gasteiger partial charge in [-0.3, -0.25) is 0 Å². The van der Waals surface area contributed by atoms with Gasteiger partial charge in [0.15, 0.2) is 0 Å². The third kappa shape index (κ3) is 2.65. The van der Waals surface area contributed by atoms with Crippen LogP contribution in [0.2, 0.25) is 0 Å². The fraction of sp³-hybridized carbons (Fsp3) is 0.533. The first-order valence-electron chi connectivity index (χ1n) is 6.60.